The molecule has 0 aromatic heterocycles. The lowest BCUT2D eigenvalue weighted by Gasteiger charge is -2.09. The van der Waals surface area contributed by atoms with Gasteiger partial charge in [-0.05, 0) is 55.7 Å². The van der Waals surface area contributed by atoms with E-state index < -0.39 is 11.9 Å². The van der Waals surface area contributed by atoms with Gasteiger partial charge in [0.05, 0.1) is 6.61 Å². The highest BCUT2D eigenvalue weighted by Gasteiger charge is 2.23. The fourth-order valence-electron chi connectivity index (χ4n) is 2.61. The molecular formula is C22H23BrN2O5. The normalized spacial score (nSPS) is 12.7. The molecule has 1 fully saturated rings. The average Bonchev–Trinajstić information content (AvgIpc) is 3.54. The van der Waals surface area contributed by atoms with Crippen molar-refractivity contribution in [3.8, 4) is 5.75 Å². The Hall–Kier alpha value is -2.87. The number of hydrogen-bond acceptors (Lipinski definition) is 5. The molecule has 0 saturated heterocycles. The lowest BCUT2D eigenvalue weighted by molar-refractivity contribution is -0.147. The first kappa shape index (κ1) is 21.8. The molecule has 1 aliphatic rings. The summed E-state index contributed by atoms with van der Waals surface area (Å²) in [6, 6.07) is 14.3. The van der Waals surface area contributed by atoms with E-state index >= 15 is 0 Å². The summed E-state index contributed by atoms with van der Waals surface area (Å²) in [7, 11) is 0. The zero-order valence-electron chi connectivity index (χ0n) is 16.4. The zero-order valence-corrected chi connectivity index (χ0v) is 17.9. The van der Waals surface area contributed by atoms with E-state index in [1.54, 1.807) is 24.3 Å². The Morgan fingerprint density at radius 1 is 1.07 bits per heavy atom. The number of carbonyl (C=O) groups excluding carboxylic acids is 3. The third-order valence-corrected chi connectivity index (χ3v) is 4.77. The predicted octanol–water partition coefficient (Wildman–Crippen LogP) is 3.68. The Kier molecular flexibility index (Phi) is 7.84. The van der Waals surface area contributed by atoms with E-state index in [4.69, 9.17) is 9.47 Å². The predicted molar refractivity (Wildman–Crippen MR) is 115 cm³/mol. The number of nitrogens with one attached hydrogen (secondary N) is 2. The Morgan fingerprint density at radius 3 is 2.63 bits per heavy atom. The maximum absolute atomic E-state index is 12.1. The van der Waals surface area contributed by atoms with Gasteiger partial charge in [-0.25, -0.2) is 0 Å². The van der Waals surface area contributed by atoms with Crippen molar-refractivity contribution in [1.29, 1.82) is 0 Å². The fourth-order valence-corrected chi connectivity index (χ4v) is 2.99. The van der Waals surface area contributed by atoms with Gasteiger partial charge in [-0.3, -0.25) is 14.4 Å². The molecule has 0 spiro atoms. The summed E-state index contributed by atoms with van der Waals surface area (Å²) in [5.41, 5.74) is 0.948. The van der Waals surface area contributed by atoms with E-state index in [0.717, 1.165) is 17.3 Å². The van der Waals surface area contributed by atoms with Crippen molar-refractivity contribution >= 4 is 39.4 Å². The van der Waals surface area contributed by atoms with Crippen LogP contribution < -0.4 is 15.4 Å². The van der Waals surface area contributed by atoms with E-state index in [-0.39, 0.29) is 25.0 Å². The van der Waals surface area contributed by atoms with Crippen LogP contribution in [0.5, 0.6) is 5.75 Å². The van der Waals surface area contributed by atoms with Gasteiger partial charge in [0, 0.05) is 28.2 Å². The molecule has 7 nitrogen and oxygen atoms in total. The number of halogens is 1. The van der Waals surface area contributed by atoms with Crippen LogP contribution >= 0.6 is 15.9 Å². The molecule has 0 bridgehead atoms. The second-order valence-electron chi connectivity index (χ2n) is 6.95. The molecule has 0 aliphatic heterocycles. The number of hydrogen-bond donors (Lipinski definition) is 2. The lowest BCUT2D eigenvalue weighted by Crippen LogP contribution is -2.25. The molecule has 2 amide bonds. The van der Waals surface area contributed by atoms with Crippen LogP contribution in [0.2, 0.25) is 0 Å². The maximum atomic E-state index is 12.1. The highest BCUT2D eigenvalue weighted by atomic mass is 79.9. The Balaban J connectivity index is 1.33. The highest BCUT2D eigenvalue weighted by molar-refractivity contribution is 9.10. The first-order valence-electron chi connectivity index (χ1n) is 9.74. The lowest BCUT2D eigenvalue weighted by atomic mass is 10.2. The van der Waals surface area contributed by atoms with Crippen molar-refractivity contribution in [3.63, 3.8) is 0 Å². The topological polar surface area (TPSA) is 93.7 Å². The van der Waals surface area contributed by atoms with Gasteiger partial charge in [-0.1, -0.05) is 28.1 Å². The van der Waals surface area contributed by atoms with Crippen LogP contribution in [0, 0.1) is 0 Å². The molecule has 30 heavy (non-hydrogen) atoms. The third-order valence-electron chi connectivity index (χ3n) is 4.28. The summed E-state index contributed by atoms with van der Waals surface area (Å²) in [5, 5.41) is 5.52. The second kappa shape index (κ2) is 10.8. The summed E-state index contributed by atoms with van der Waals surface area (Å²) in [5.74, 6) is -0.385. The van der Waals surface area contributed by atoms with E-state index in [9.17, 15) is 14.4 Å². The van der Waals surface area contributed by atoms with Crippen molar-refractivity contribution in [2.75, 3.05) is 18.5 Å². The van der Waals surface area contributed by atoms with Crippen LogP contribution in [0.15, 0.2) is 53.0 Å². The molecule has 3 rings (SSSR count). The number of esters is 1. The SMILES string of the molecule is O=C(COC(=O)CCCOc1cccc(Br)c1)Nc1cccc(C(=O)NC2CC2)c1. The Labute approximate surface area is 183 Å². The summed E-state index contributed by atoms with van der Waals surface area (Å²) in [6.45, 7) is -0.0166. The first-order chi connectivity index (χ1) is 14.5. The summed E-state index contributed by atoms with van der Waals surface area (Å²) in [4.78, 5) is 35.9. The minimum atomic E-state index is -0.472. The molecule has 0 unspecified atom stereocenters. The first-order valence-corrected chi connectivity index (χ1v) is 10.5. The quantitative estimate of drug-likeness (QED) is 0.404. The molecular weight excluding hydrogens is 452 g/mol. The standard InChI is InChI=1S/C22H23BrN2O5/c23-16-5-2-7-19(13-16)29-11-3-8-21(27)30-14-20(26)24-18-6-1-4-15(12-18)22(28)25-17-9-10-17/h1-2,4-7,12-13,17H,3,8-11,14H2,(H,24,26)(H,25,28). The van der Waals surface area contributed by atoms with Gasteiger partial charge in [0.2, 0.25) is 0 Å². The molecule has 0 heterocycles. The number of anilines is 1. The van der Waals surface area contributed by atoms with Gasteiger partial charge in [-0.15, -0.1) is 0 Å². The van der Waals surface area contributed by atoms with Crippen LogP contribution in [-0.2, 0) is 14.3 Å². The number of rotatable bonds is 10. The van der Waals surface area contributed by atoms with E-state index in [2.05, 4.69) is 26.6 Å². The maximum Gasteiger partial charge on any atom is 0.306 e. The summed E-state index contributed by atoms with van der Waals surface area (Å²) >= 11 is 3.36. The van der Waals surface area contributed by atoms with Crippen molar-refractivity contribution in [1.82, 2.24) is 5.32 Å². The molecule has 0 atom stereocenters. The largest absolute Gasteiger partial charge is 0.494 e. The monoisotopic (exact) mass is 474 g/mol. The Bertz CT molecular complexity index is 914. The van der Waals surface area contributed by atoms with Crippen molar-refractivity contribution in [2.45, 2.75) is 31.7 Å². The smallest absolute Gasteiger partial charge is 0.306 e. The zero-order chi connectivity index (χ0) is 21.3. The minimum Gasteiger partial charge on any atom is -0.494 e. The average molecular weight is 475 g/mol. The second-order valence-corrected chi connectivity index (χ2v) is 7.86. The van der Waals surface area contributed by atoms with Crippen LogP contribution in [0.25, 0.3) is 0 Å². The number of ether oxygens (including phenoxy) is 2. The fraction of sp³-hybridized carbons (Fsp3) is 0.318. The molecule has 8 heteroatoms. The Morgan fingerprint density at radius 2 is 1.87 bits per heavy atom. The van der Waals surface area contributed by atoms with Crippen LogP contribution in [0.1, 0.15) is 36.0 Å². The van der Waals surface area contributed by atoms with Crippen LogP contribution in [-0.4, -0.2) is 37.0 Å². The van der Waals surface area contributed by atoms with Crippen LogP contribution in [0.3, 0.4) is 0 Å². The molecule has 0 radical (unpaired) electrons. The third kappa shape index (κ3) is 7.51. The van der Waals surface area contributed by atoms with Crippen molar-refractivity contribution in [2.24, 2.45) is 0 Å². The van der Waals surface area contributed by atoms with Gasteiger partial charge in [-0.2, -0.15) is 0 Å². The summed E-state index contributed by atoms with van der Waals surface area (Å²) < 4.78 is 11.5. The van der Waals surface area contributed by atoms with E-state index in [1.165, 1.54) is 0 Å². The number of carbonyl (C=O) groups is 3. The number of benzene rings is 2. The van der Waals surface area contributed by atoms with Gasteiger partial charge >= 0.3 is 5.97 Å². The van der Waals surface area contributed by atoms with E-state index in [0.29, 0.717) is 30.0 Å². The molecule has 2 aromatic carbocycles. The van der Waals surface area contributed by atoms with Crippen molar-refractivity contribution in [3.05, 3.63) is 58.6 Å². The van der Waals surface area contributed by atoms with Crippen molar-refractivity contribution < 1.29 is 23.9 Å². The van der Waals surface area contributed by atoms with E-state index in [1.807, 2.05) is 24.3 Å². The summed E-state index contributed by atoms with van der Waals surface area (Å²) in [6.07, 6.45) is 2.64. The molecule has 1 saturated carbocycles. The molecule has 2 N–H and O–H groups in total. The molecule has 2 aromatic rings. The van der Waals surface area contributed by atoms with Gasteiger partial charge in [0.25, 0.3) is 11.8 Å². The number of amides is 2. The molecule has 1 aliphatic carbocycles. The van der Waals surface area contributed by atoms with Gasteiger partial charge < -0.3 is 20.1 Å². The van der Waals surface area contributed by atoms with Gasteiger partial charge in [0.15, 0.2) is 6.61 Å². The highest BCUT2D eigenvalue weighted by Crippen LogP contribution is 2.20. The van der Waals surface area contributed by atoms with Gasteiger partial charge in [0.1, 0.15) is 5.75 Å². The minimum absolute atomic E-state index is 0.151. The van der Waals surface area contributed by atoms with Crippen LogP contribution in [0.4, 0.5) is 5.69 Å². The molecule has 158 valence electrons.